The highest BCUT2D eigenvalue weighted by atomic mass is 35.5. The Balaban J connectivity index is 2.39. The van der Waals surface area contributed by atoms with Crippen LogP contribution in [0, 0.1) is 0 Å². The summed E-state index contributed by atoms with van der Waals surface area (Å²) in [6, 6.07) is 4.05. The molecule has 1 atom stereocenters. The molecule has 0 saturated carbocycles. The van der Waals surface area contributed by atoms with Crippen LogP contribution in [0.4, 0.5) is 0 Å². The van der Waals surface area contributed by atoms with E-state index in [1.165, 1.54) is 5.56 Å². The minimum atomic E-state index is -0.131. The zero-order valence-corrected chi connectivity index (χ0v) is 11.0. The lowest BCUT2D eigenvalue weighted by Gasteiger charge is -2.24. The molecule has 1 heterocycles. The van der Waals surface area contributed by atoms with Crippen molar-refractivity contribution in [3.05, 3.63) is 23.3 Å². The maximum Gasteiger partial charge on any atom is 0.161 e. The summed E-state index contributed by atoms with van der Waals surface area (Å²) in [5.41, 5.74) is 2.22. The first-order valence-corrected chi connectivity index (χ1v) is 6.49. The van der Waals surface area contributed by atoms with Crippen LogP contribution in [0.1, 0.15) is 30.5 Å². The first-order chi connectivity index (χ1) is 8.26. The van der Waals surface area contributed by atoms with E-state index in [9.17, 15) is 0 Å². The molecule has 1 aromatic rings. The second-order valence-electron chi connectivity index (χ2n) is 3.93. The molecule has 1 unspecified atom stereocenters. The van der Waals surface area contributed by atoms with Crippen LogP contribution in [0.25, 0.3) is 0 Å². The summed E-state index contributed by atoms with van der Waals surface area (Å²) in [5, 5.41) is 3.23. The molecular weight excluding hydrogens is 238 g/mol. The first-order valence-electron chi connectivity index (χ1n) is 6.06. The highest BCUT2D eigenvalue weighted by Crippen LogP contribution is 2.36. The van der Waals surface area contributed by atoms with E-state index < -0.39 is 0 Å². The van der Waals surface area contributed by atoms with E-state index in [0.717, 1.165) is 30.0 Å². The lowest BCUT2D eigenvalue weighted by Crippen LogP contribution is -2.26. The molecule has 2 rings (SSSR count). The molecule has 17 heavy (non-hydrogen) atoms. The first kappa shape index (κ1) is 12.5. The summed E-state index contributed by atoms with van der Waals surface area (Å²) in [4.78, 5) is 0. The highest BCUT2D eigenvalue weighted by Gasteiger charge is 2.20. The Morgan fingerprint density at radius 3 is 2.53 bits per heavy atom. The molecule has 1 aromatic carbocycles. The number of nitrogens with one attached hydrogen (secondary N) is 1. The summed E-state index contributed by atoms with van der Waals surface area (Å²) in [6.07, 6.45) is 0.977. The fourth-order valence-electron chi connectivity index (χ4n) is 2.05. The highest BCUT2D eigenvalue weighted by molar-refractivity contribution is 6.20. The fraction of sp³-hybridized carbons (Fsp3) is 0.538. The normalized spacial score (nSPS) is 18.6. The molecule has 0 aliphatic carbocycles. The van der Waals surface area contributed by atoms with Gasteiger partial charge in [-0.15, -0.1) is 11.6 Å². The lowest BCUT2D eigenvalue weighted by atomic mass is 10.00. The Bertz CT molecular complexity index is 395. The number of halogens is 1. The molecule has 0 bridgehead atoms. The van der Waals surface area contributed by atoms with E-state index in [1.54, 1.807) is 0 Å². The SMILES string of the molecule is CCOc1cc2c(cc1OCC)C(Cl)NCC2. The fourth-order valence-corrected chi connectivity index (χ4v) is 2.36. The average Bonchev–Trinajstić information content (AvgIpc) is 2.32. The van der Waals surface area contributed by atoms with Gasteiger partial charge in [0, 0.05) is 6.54 Å². The number of rotatable bonds is 4. The van der Waals surface area contributed by atoms with Crippen LogP contribution >= 0.6 is 11.6 Å². The van der Waals surface area contributed by atoms with Crippen molar-refractivity contribution < 1.29 is 9.47 Å². The minimum Gasteiger partial charge on any atom is -0.490 e. The van der Waals surface area contributed by atoms with Gasteiger partial charge in [0.15, 0.2) is 11.5 Å². The molecule has 0 aromatic heterocycles. The van der Waals surface area contributed by atoms with Gasteiger partial charge >= 0.3 is 0 Å². The Morgan fingerprint density at radius 2 is 1.88 bits per heavy atom. The van der Waals surface area contributed by atoms with Gasteiger partial charge in [-0.2, -0.15) is 0 Å². The minimum absolute atomic E-state index is 0.131. The number of fused-ring (bicyclic) bond motifs is 1. The van der Waals surface area contributed by atoms with Crippen molar-refractivity contribution in [3.8, 4) is 11.5 Å². The van der Waals surface area contributed by atoms with Crippen LogP contribution in [0.2, 0.25) is 0 Å². The van der Waals surface area contributed by atoms with Crippen LogP contribution < -0.4 is 14.8 Å². The third kappa shape index (κ3) is 2.67. The van der Waals surface area contributed by atoms with Crippen LogP contribution in [0.15, 0.2) is 12.1 Å². The molecule has 4 heteroatoms. The van der Waals surface area contributed by atoms with E-state index in [2.05, 4.69) is 11.4 Å². The van der Waals surface area contributed by atoms with Gasteiger partial charge in [0.05, 0.1) is 13.2 Å². The number of ether oxygens (including phenoxy) is 2. The second-order valence-corrected chi connectivity index (χ2v) is 4.37. The van der Waals surface area contributed by atoms with Gasteiger partial charge in [-0.25, -0.2) is 0 Å². The van der Waals surface area contributed by atoms with Crippen molar-refractivity contribution in [2.75, 3.05) is 19.8 Å². The average molecular weight is 256 g/mol. The molecule has 0 radical (unpaired) electrons. The zero-order valence-electron chi connectivity index (χ0n) is 10.3. The predicted molar refractivity (Wildman–Crippen MR) is 69.1 cm³/mol. The molecule has 1 N–H and O–H groups in total. The predicted octanol–water partition coefficient (Wildman–Crippen LogP) is 2.87. The van der Waals surface area contributed by atoms with Gasteiger partial charge in [-0.05, 0) is 43.5 Å². The Labute approximate surface area is 107 Å². The largest absolute Gasteiger partial charge is 0.490 e. The quantitative estimate of drug-likeness (QED) is 0.663. The number of alkyl halides is 1. The van der Waals surface area contributed by atoms with Crippen LogP contribution in [0.3, 0.4) is 0 Å². The van der Waals surface area contributed by atoms with Crippen molar-refractivity contribution in [2.24, 2.45) is 0 Å². The summed E-state index contributed by atoms with van der Waals surface area (Å²) >= 11 is 6.24. The van der Waals surface area contributed by atoms with E-state index in [0.29, 0.717) is 13.2 Å². The van der Waals surface area contributed by atoms with E-state index in [1.807, 2.05) is 19.9 Å². The molecule has 0 spiro atoms. The topological polar surface area (TPSA) is 30.5 Å². The number of hydrogen-bond acceptors (Lipinski definition) is 3. The van der Waals surface area contributed by atoms with E-state index in [-0.39, 0.29) is 5.50 Å². The third-order valence-corrected chi connectivity index (χ3v) is 3.19. The lowest BCUT2D eigenvalue weighted by molar-refractivity contribution is 0.286. The molecule has 3 nitrogen and oxygen atoms in total. The molecule has 0 amide bonds. The maximum absolute atomic E-state index is 6.24. The molecular formula is C13H18ClNO2. The summed E-state index contributed by atoms with van der Waals surface area (Å²) in [7, 11) is 0. The van der Waals surface area contributed by atoms with Crippen molar-refractivity contribution in [2.45, 2.75) is 25.8 Å². The van der Waals surface area contributed by atoms with Gasteiger partial charge < -0.3 is 9.47 Å². The molecule has 0 saturated heterocycles. The molecule has 94 valence electrons. The van der Waals surface area contributed by atoms with Gasteiger partial charge in [0.2, 0.25) is 0 Å². The zero-order chi connectivity index (χ0) is 12.3. The van der Waals surface area contributed by atoms with Gasteiger partial charge in [-0.3, -0.25) is 5.32 Å². The van der Waals surface area contributed by atoms with Crippen molar-refractivity contribution in [1.29, 1.82) is 0 Å². The Morgan fingerprint density at radius 1 is 1.24 bits per heavy atom. The van der Waals surface area contributed by atoms with E-state index in [4.69, 9.17) is 21.1 Å². The summed E-state index contributed by atoms with van der Waals surface area (Å²) in [5.74, 6) is 1.60. The standard InChI is InChI=1S/C13H18ClNO2/c1-3-16-11-7-9-5-6-15-13(14)10(9)8-12(11)17-4-2/h7-8,13,15H,3-6H2,1-2H3. The van der Waals surface area contributed by atoms with Gasteiger partial charge in [0.25, 0.3) is 0 Å². The smallest absolute Gasteiger partial charge is 0.161 e. The number of benzene rings is 1. The van der Waals surface area contributed by atoms with Crippen LogP contribution in [-0.2, 0) is 6.42 Å². The Hall–Kier alpha value is -0.930. The van der Waals surface area contributed by atoms with Gasteiger partial charge in [-0.1, -0.05) is 0 Å². The van der Waals surface area contributed by atoms with Crippen molar-refractivity contribution in [1.82, 2.24) is 5.32 Å². The van der Waals surface area contributed by atoms with Gasteiger partial charge in [0.1, 0.15) is 5.50 Å². The van der Waals surface area contributed by atoms with Crippen molar-refractivity contribution in [3.63, 3.8) is 0 Å². The summed E-state index contributed by atoms with van der Waals surface area (Å²) < 4.78 is 11.2. The van der Waals surface area contributed by atoms with Crippen LogP contribution in [-0.4, -0.2) is 19.8 Å². The summed E-state index contributed by atoms with van der Waals surface area (Å²) in [6.45, 7) is 6.11. The third-order valence-electron chi connectivity index (χ3n) is 2.80. The monoisotopic (exact) mass is 255 g/mol. The Kier molecular flexibility index (Phi) is 4.13. The second kappa shape index (κ2) is 5.61. The molecule has 0 fully saturated rings. The molecule has 1 aliphatic rings. The van der Waals surface area contributed by atoms with Crippen LogP contribution in [0.5, 0.6) is 11.5 Å². The van der Waals surface area contributed by atoms with Crippen molar-refractivity contribution >= 4 is 11.6 Å². The number of hydrogen-bond donors (Lipinski definition) is 1. The maximum atomic E-state index is 6.24. The van der Waals surface area contributed by atoms with E-state index >= 15 is 0 Å². The molecule has 1 aliphatic heterocycles.